The van der Waals surface area contributed by atoms with Crippen molar-refractivity contribution in [1.82, 2.24) is 4.90 Å². The van der Waals surface area contributed by atoms with E-state index in [1.165, 1.54) is 12.1 Å². The normalized spacial score (nSPS) is 17.4. The van der Waals surface area contributed by atoms with Gasteiger partial charge in [0, 0.05) is 18.7 Å². The van der Waals surface area contributed by atoms with Crippen molar-refractivity contribution in [2.75, 3.05) is 20.2 Å². The van der Waals surface area contributed by atoms with E-state index in [1.54, 1.807) is 12.0 Å². The molecular formula is C21H22F3NO3. The molecule has 1 aliphatic rings. The van der Waals surface area contributed by atoms with Crippen LogP contribution >= 0.6 is 0 Å². The minimum Gasteiger partial charge on any atom is -0.497 e. The molecule has 0 spiro atoms. The Hall–Kier alpha value is -2.54. The number of carbonyl (C=O) groups is 1. The van der Waals surface area contributed by atoms with Gasteiger partial charge in [0.25, 0.3) is 5.91 Å². The summed E-state index contributed by atoms with van der Waals surface area (Å²) in [6.07, 6.45) is -2.90. The lowest BCUT2D eigenvalue weighted by molar-refractivity contribution is -0.137. The molecular weight excluding hydrogens is 371 g/mol. The van der Waals surface area contributed by atoms with E-state index in [-0.39, 0.29) is 17.6 Å². The van der Waals surface area contributed by atoms with E-state index in [0.29, 0.717) is 19.7 Å². The predicted octanol–water partition coefficient (Wildman–Crippen LogP) is 4.54. The second kappa shape index (κ2) is 8.65. The van der Waals surface area contributed by atoms with Gasteiger partial charge in [0.1, 0.15) is 5.75 Å². The number of hydrogen-bond acceptors (Lipinski definition) is 3. The maximum Gasteiger partial charge on any atom is 0.416 e. The van der Waals surface area contributed by atoms with E-state index >= 15 is 0 Å². The number of piperidine rings is 1. The molecule has 7 heteroatoms. The van der Waals surface area contributed by atoms with Crippen LogP contribution in [0.4, 0.5) is 13.2 Å². The summed E-state index contributed by atoms with van der Waals surface area (Å²) in [5.41, 5.74) is 0.467. The van der Waals surface area contributed by atoms with E-state index in [1.807, 2.05) is 24.3 Å². The molecule has 28 heavy (non-hydrogen) atoms. The summed E-state index contributed by atoms with van der Waals surface area (Å²) < 4.78 is 49.2. The second-order valence-corrected chi connectivity index (χ2v) is 6.75. The van der Waals surface area contributed by atoms with Crippen LogP contribution in [0.25, 0.3) is 0 Å². The molecule has 0 saturated carbocycles. The molecule has 150 valence electrons. The van der Waals surface area contributed by atoms with Crippen LogP contribution in [0.3, 0.4) is 0 Å². The fourth-order valence-electron chi connectivity index (χ4n) is 3.22. The fraction of sp³-hybridized carbons (Fsp3) is 0.381. The van der Waals surface area contributed by atoms with E-state index in [9.17, 15) is 18.0 Å². The van der Waals surface area contributed by atoms with Crippen molar-refractivity contribution in [2.45, 2.75) is 31.7 Å². The molecule has 2 aromatic rings. The Morgan fingerprint density at radius 3 is 2.61 bits per heavy atom. The third kappa shape index (κ3) is 5.04. The molecule has 1 atom stereocenters. The molecule has 0 unspecified atom stereocenters. The van der Waals surface area contributed by atoms with Crippen LogP contribution < -0.4 is 4.74 Å². The minimum absolute atomic E-state index is 0.113. The third-order valence-corrected chi connectivity index (χ3v) is 4.74. The van der Waals surface area contributed by atoms with Crippen LogP contribution in [0.1, 0.15) is 34.3 Å². The Bertz CT molecular complexity index is 805. The number of ether oxygens (including phenoxy) is 2. The topological polar surface area (TPSA) is 38.8 Å². The van der Waals surface area contributed by atoms with Gasteiger partial charge in [-0.05, 0) is 54.8 Å². The number of methoxy groups -OCH3 is 1. The second-order valence-electron chi connectivity index (χ2n) is 6.75. The lowest BCUT2D eigenvalue weighted by Crippen LogP contribution is -2.43. The zero-order valence-electron chi connectivity index (χ0n) is 15.5. The van der Waals surface area contributed by atoms with Gasteiger partial charge in [0.2, 0.25) is 0 Å². The standard InChI is InChI=1S/C21H22F3NO3/c1-27-18-5-2-4-15(12-18)14-28-19-6-3-11-25(13-19)20(26)16-7-9-17(10-8-16)21(22,23)24/h2,4-5,7-10,12,19H,3,6,11,13-14H2,1H3/t19-/m0/s1. The van der Waals surface area contributed by atoms with Gasteiger partial charge in [-0.25, -0.2) is 0 Å². The minimum atomic E-state index is -4.41. The van der Waals surface area contributed by atoms with Gasteiger partial charge in [0.05, 0.1) is 25.4 Å². The molecule has 3 rings (SSSR count). The zero-order chi connectivity index (χ0) is 20.1. The van der Waals surface area contributed by atoms with E-state index in [0.717, 1.165) is 36.3 Å². The number of nitrogens with zero attached hydrogens (tertiary/aromatic N) is 1. The highest BCUT2D eigenvalue weighted by atomic mass is 19.4. The number of carbonyl (C=O) groups excluding carboxylic acids is 1. The average Bonchev–Trinajstić information content (AvgIpc) is 2.71. The Labute approximate surface area is 161 Å². The van der Waals surface area contributed by atoms with Crippen molar-refractivity contribution in [2.24, 2.45) is 0 Å². The molecule has 4 nitrogen and oxygen atoms in total. The number of likely N-dealkylation sites (tertiary alicyclic amines) is 1. The molecule has 0 aliphatic carbocycles. The van der Waals surface area contributed by atoms with Crippen LogP contribution in [0.5, 0.6) is 5.75 Å². The van der Waals surface area contributed by atoms with Crippen molar-refractivity contribution in [3.8, 4) is 5.75 Å². The van der Waals surface area contributed by atoms with E-state index in [2.05, 4.69) is 0 Å². The van der Waals surface area contributed by atoms with Crippen molar-refractivity contribution in [3.05, 3.63) is 65.2 Å². The van der Waals surface area contributed by atoms with Crippen LogP contribution in [0, 0.1) is 0 Å². The molecule has 1 aliphatic heterocycles. The van der Waals surface area contributed by atoms with Crippen molar-refractivity contribution >= 4 is 5.91 Å². The predicted molar refractivity (Wildman–Crippen MR) is 98.2 cm³/mol. The van der Waals surface area contributed by atoms with Crippen molar-refractivity contribution < 1.29 is 27.4 Å². The maximum atomic E-state index is 12.7. The molecule has 1 saturated heterocycles. The Kier molecular flexibility index (Phi) is 6.24. The molecule has 0 N–H and O–H groups in total. The molecule has 2 aromatic carbocycles. The summed E-state index contributed by atoms with van der Waals surface area (Å²) >= 11 is 0. The smallest absolute Gasteiger partial charge is 0.416 e. The summed E-state index contributed by atoms with van der Waals surface area (Å²) in [5.74, 6) is 0.479. The van der Waals surface area contributed by atoms with Gasteiger partial charge >= 0.3 is 6.18 Å². The maximum absolute atomic E-state index is 12.7. The first-order chi connectivity index (χ1) is 13.4. The molecule has 1 amide bonds. The number of alkyl halides is 3. The fourth-order valence-corrected chi connectivity index (χ4v) is 3.22. The van der Waals surface area contributed by atoms with Crippen LogP contribution in [-0.4, -0.2) is 37.1 Å². The lowest BCUT2D eigenvalue weighted by atomic mass is 10.1. The lowest BCUT2D eigenvalue weighted by Gasteiger charge is -2.33. The van der Waals surface area contributed by atoms with E-state index < -0.39 is 11.7 Å². The Morgan fingerprint density at radius 2 is 1.93 bits per heavy atom. The Morgan fingerprint density at radius 1 is 1.18 bits per heavy atom. The van der Waals surface area contributed by atoms with Gasteiger partial charge in [-0.2, -0.15) is 13.2 Å². The Balaban J connectivity index is 1.58. The quantitative estimate of drug-likeness (QED) is 0.749. The molecule has 0 bridgehead atoms. The largest absolute Gasteiger partial charge is 0.497 e. The summed E-state index contributed by atoms with van der Waals surface area (Å²) in [4.78, 5) is 14.3. The number of benzene rings is 2. The number of halogens is 3. The molecule has 0 aromatic heterocycles. The van der Waals surface area contributed by atoms with Crippen molar-refractivity contribution in [3.63, 3.8) is 0 Å². The highest BCUT2D eigenvalue weighted by Gasteiger charge is 2.31. The highest BCUT2D eigenvalue weighted by Crippen LogP contribution is 2.29. The first-order valence-corrected chi connectivity index (χ1v) is 9.08. The average molecular weight is 393 g/mol. The third-order valence-electron chi connectivity index (χ3n) is 4.74. The van der Waals surface area contributed by atoms with Crippen LogP contribution in [-0.2, 0) is 17.5 Å². The first kappa shape index (κ1) is 20.2. The summed E-state index contributed by atoms with van der Waals surface area (Å²) in [5, 5.41) is 0. The van der Waals surface area contributed by atoms with Gasteiger partial charge in [-0.15, -0.1) is 0 Å². The van der Waals surface area contributed by atoms with Gasteiger partial charge in [-0.3, -0.25) is 4.79 Å². The SMILES string of the molecule is COc1cccc(CO[C@H]2CCCN(C(=O)c3ccc(C(F)(F)F)cc3)C2)c1. The first-order valence-electron chi connectivity index (χ1n) is 9.08. The highest BCUT2D eigenvalue weighted by molar-refractivity contribution is 5.94. The molecule has 0 radical (unpaired) electrons. The molecule has 1 heterocycles. The van der Waals surface area contributed by atoms with Gasteiger partial charge < -0.3 is 14.4 Å². The number of amides is 1. The van der Waals surface area contributed by atoms with Gasteiger partial charge in [0.15, 0.2) is 0 Å². The molecule has 1 fully saturated rings. The summed E-state index contributed by atoms with van der Waals surface area (Å²) in [6, 6.07) is 11.9. The van der Waals surface area contributed by atoms with Crippen LogP contribution in [0.15, 0.2) is 48.5 Å². The monoisotopic (exact) mass is 393 g/mol. The number of hydrogen-bond donors (Lipinski definition) is 0. The van der Waals surface area contributed by atoms with Crippen molar-refractivity contribution in [1.29, 1.82) is 0 Å². The summed E-state index contributed by atoms with van der Waals surface area (Å²) in [6.45, 7) is 1.40. The van der Waals surface area contributed by atoms with Gasteiger partial charge in [-0.1, -0.05) is 12.1 Å². The van der Waals surface area contributed by atoms with E-state index in [4.69, 9.17) is 9.47 Å². The number of rotatable bonds is 5. The summed E-state index contributed by atoms with van der Waals surface area (Å²) in [7, 11) is 1.60. The zero-order valence-corrected chi connectivity index (χ0v) is 15.5. The van der Waals surface area contributed by atoms with Crippen LogP contribution in [0.2, 0.25) is 0 Å².